The lowest BCUT2D eigenvalue weighted by Gasteiger charge is -2.46. The molecule has 2 aromatic heterocycles. The predicted molar refractivity (Wildman–Crippen MR) is 238 cm³/mol. The minimum atomic E-state index is -0.539. The maximum Gasteiger partial charge on any atom is 0.167 e. The van der Waals surface area contributed by atoms with Gasteiger partial charge in [0.2, 0.25) is 0 Å². The van der Waals surface area contributed by atoms with Crippen molar-refractivity contribution in [2.24, 2.45) is 0 Å². The molecule has 59 heavy (non-hydrogen) atoms. The molecule has 0 saturated heterocycles. The van der Waals surface area contributed by atoms with E-state index < -0.39 is 5.41 Å². The molecule has 0 bridgehead atoms. The number of nitrogens with zero attached hydrogens (tertiary/aromatic N) is 3. The van der Waals surface area contributed by atoms with E-state index in [2.05, 4.69) is 178 Å². The number of hydrogen-bond donors (Lipinski definition) is 0. The molecule has 0 atom stereocenters. The third-order valence-electron chi connectivity index (χ3n) is 12.9. The predicted octanol–water partition coefficient (Wildman–Crippen LogP) is 13.4. The van der Waals surface area contributed by atoms with Gasteiger partial charge in [0.1, 0.15) is 11.2 Å². The van der Waals surface area contributed by atoms with Gasteiger partial charge in [-0.2, -0.15) is 0 Å². The smallest absolute Gasteiger partial charge is 0.167 e. The fourth-order valence-corrected chi connectivity index (χ4v) is 10.3. The second-order valence-corrected chi connectivity index (χ2v) is 16.2. The first-order valence-corrected chi connectivity index (χ1v) is 20.3. The van der Waals surface area contributed by atoms with Crippen LogP contribution in [0.3, 0.4) is 0 Å². The van der Waals surface area contributed by atoms with Gasteiger partial charge in [-0.25, -0.2) is 15.0 Å². The maximum absolute atomic E-state index is 6.60. The molecule has 12 rings (SSSR count). The standard InChI is InChI=1S/C55H37N3O/c1-54(2)43-28-11-13-30-45(43)55(46-31-14-12-29-44(46)54)42-27-10-8-23-39(42)49-40(25-17-32-47(49)55)52-56-51(38-22-7-6-20-35(38)34-18-4-3-5-19-34)57-53(58-52)41-26-16-24-37-36-21-9-15-33-48(36)59-50(37)41/h3-33H,1-2H3. The maximum atomic E-state index is 6.60. The van der Waals surface area contributed by atoms with Crippen LogP contribution >= 0.6 is 0 Å². The molecule has 10 aromatic rings. The Morgan fingerprint density at radius 3 is 1.56 bits per heavy atom. The first-order chi connectivity index (χ1) is 29.0. The van der Waals surface area contributed by atoms with E-state index in [4.69, 9.17) is 19.4 Å². The summed E-state index contributed by atoms with van der Waals surface area (Å²) in [6, 6.07) is 67.0. The van der Waals surface area contributed by atoms with E-state index in [1.54, 1.807) is 0 Å². The zero-order valence-corrected chi connectivity index (χ0v) is 32.6. The minimum absolute atomic E-state index is 0.185. The molecule has 4 nitrogen and oxygen atoms in total. The highest BCUT2D eigenvalue weighted by atomic mass is 16.3. The second-order valence-electron chi connectivity index (χ2n) is 16.2. The van der Waals surface area contributed by atoms with Crippen molar-refractivity contribution in [2.75, 3.05) is 0 Å². The van der Waals surface area contributed by atoms with E-state index in [1.807, 2.05) is 24.3 Å². The number of aromatic nitrogens is 3. The van der Waals surface area contributed by atoms with Gasteiger partial charge in [0.25, 0.3) is 0 Å². The van der Waals surface area contributed by atoms with Crippen LogP contribution < -0.4 is 0 Å². The Morgan fingerprint density at radius 1 is 0.356 bits per heavy atom. The van der Waals surface area contributed by atoms with Crippen LogP contribution in [0, 0.1) is 0 Å². The van der Waals surface area contributed by atoms with Gasteiger partial charge >= 0.3 is 0 Å². The van der Waals surface area contributed by atoms with E-state index >= 15 is 0 Å². The lowest BCUT2D eigenvalue weighted by molar-refractivity contribution is 0.563. The monoisotopic (exact) mass is 755 g/mol. The molecule has 2 heterocycles. The summed E-state index contributed by atoms with van der Waals surface area (Å²) >= 11 is 0. The fourth-order valence-electron chi connectivity index (χ4n) is 10.3. The Balaban J connectivity index is 1.17. The van der Waals surface area contributed by atoms with Crippen molar-refractivity contribution in [3.8, 4) is 56.4 Å². The highest BCUT2D eigenvalue weighted by Gasteiger charge is 2.53. The van der Waals surface area contributed by atoms with Crippen LogP contribution in [-0.2, 0) is 10.8 Å². The summed E-state index contributed by atoms with van der Waals surface area (Å²) in [6.07, 6.45) is 0. The first-order valence-electron chi connectivity index (χ1n) is 20.3. The molecule has 278 valence electrons. The topological polar surface area (TPSA) is 51.8 Å². The van der Waals surface area contributed by atoms with Gasteiger partial charge in [-0.15, -0.1) is 0 Å². The number of para-hydroxylation sites is 2. The van der Waals surface area contributed by atoms with Crippen molar-refractivity contribution in [1.82, 2.24) is 15.0 Å². The fraction of sp³-hybridized carbons (Fsp3) is 0.0727. The van der Waals surface area contributed by atoms with Crippen LogP contribution in [0.5, 0.6) is 0 Å². The van der Waals surface area contributed by atoms with Crippen LogP contribution in [0.15, 0.2) is 192 Å². The summed E-state index contributed by atoms with van der Waals surface area (Å²) in [7, 11) is 0. The summed E-state index contributed by atoms with van der Waals surface area (Å²) in [4.78, 5) is 16.2. The molecule has 0 N–H and O–H groups in total. The van der Waals surface area contributed by atoms with Gasteiger partial charge in [0.15, 0.2) is 17.5 Å². The number of hydrogen-bond acceptors (Lipinski definition) is 4. The van der Waals surface area contributed by atoms with Crippen molar-refractivity contribution < 1.29 is 4.42 Å². The molecular formula is C55H37N3O. The molecule has 0 amide bonds. The summed E-state index contributed by atoms with van der Waals surface area (Å²) in [5.41, 5.74) is 15.9. The normalized spacial score (nSPS) is 14.2. The largest absolute Gasteiger partial charge is 0.455 e. The van der Waals surface area contributed by atoms with Crippen LogP contribution in [-0.4, -0.2) is 15.0 Å². The van der Waals surface area contributed by atoms with Crippen molar-refractivity contribution in [1.29, 1.82) is 0 Å². The number of rotatable bonds is 4. The average Bonchev–Trinajstić information content (AvgIpc) is 3.83. The second kappa shape index (κ2) is 12.5. The lowest BCUT2D eigenvalue weighted by atomic mass is 9.55. The molecule has 2 aliphatic carbocycles. The van der Waals surface area contributed by atoms with Gasteiger partial charge in [-0.05, 0) is 67.8 Å². The summed E-state index contributed by atoms with van der Waals surface area (Å²) in [5, 5.41) is 2.09. The Labute approximate surface area is 342 Å². The van der Waals surface area contributed by atoms with Crippen molar-refractivity contribution in [2.45, 2.75) is 24.7 Å². The molecule has 0 radical (unpaired) electrons. The van der Waals surface area contributed by atoms with Gasteiger partial charge in [0.05, 0.1) is 11.0 Å². The van der Waals surface area contributed by atoms with E-state index in [0.717, 1.165) is 55.3 Å². The Morgan fingerprint density at radius 2 is 0.831 bits per heavy atom. The van der Waals surface area contributed by atoms with Crippen LogP contribution in [0.2, 0.25) is 0 Å². The number of furan rings is 1. The molecule has 1 spiro atoms. The summed E-state index contributed by atoms with van der Waals surface area (Å²) in [5.74, 6) is 1.78. The molecule has 2 aliphatic rings. The molecule has 8 aromatic carbocycles. The molecular weight excluding hydrogens is 719 g/mol. The van der Waals surface area contributed by atoms with Crippen molar-refractivity contribution >= 4 is 21.9 Å². The lowest BCUT2D eigenvalue weighted by Crippen LogP contribution is -2.40. The van der Waals surface area contributed by atoms with Gasteiger partial charge in [0, 0.05) is 27.3 Å². The van der Waals surface area contributed by atoms with E-state index in [1.165, 1.54) is 38.9 Å². The van der Waals surface area contributed by atoms with Gasteiger partial charge in [-0.3, -0.25) is 0 Å². The van der Waals surface area contributed by atoms with Crippen LogP contribution in [0.4, 0.5) is 0 Å². The third kappa shape index (κ3) is 4.69. The zero-order chi connectivity index (χ0) is 39.3. The number of benzene rings is 8. The van der Waals surface area contributed by atoms with Gasteiger partial charge in [-0.1, -0.05) is 190 Å². The summed E-state index contributed by atoms with van der Waals surface area (Å²) < 4.78 is 6.60. The van der Waals surface area contributed by atoms with Gasteiger partial charge < -0.3 is 4.42 Å². The zero-order valence-electron chi connectivity index (χ0n) is 32.6. The van der Waals surface area contributed by atoms with Crippen molar-refractivity contribution in [3.05, 3.63) is 221 Å². The number of fused-ring (bicyclic) bond motifs is 12. The quantitative estimate of drug-likeness (QED) is 0.179. The van der Waals surface area contributed by atoms with E-state index in [9.17, 15) is 0 Å². The Kier molecular flexibility index (Phi) is 7.16. The molecule has 0 aliphatic heterocycles. The Hall–Kier alpha value is -7.43. The third-order valence-corrected chi connectivity index (χ3v) is 12.9. The molecule has 0 unspecified atom stereocenters. The molecule has 0 saturated carbocycles. The minimum Gasteiger partial charge on any atom is -0.455 e. The summed E-state index contributed by atoms with van der Waals surface area (Å²) in [6.45, 7) is 4.72. The molecule has 4 heteroatoms. The molecule has 0 fully saturated rings. The highest BCUT2D eigenvalue weighted by Crippen LogP contribution is 2.63. The van der Waals surface area contributed by atoms with E-state index in [0.29, 0.717) is 17.5 Å². The van der Waals surface area contributed by atoms with E-state index in [-0.39, 0.29) is 5.41 Å². The van der Waals surface area contributed by atoms with Crippen LogP contribution in [0.25, 0.3) is 78.4 Å². The highest BCUT2D eigenvalue weighted by molar-refractivity contribution is 6.09. The average molecular weight is 756 g/mol. The Bertz CT molecular complexity index is 3270. The van der Waals surface area contributed by atoms with Crippen molar-refractivity contribution in [3.63, 3.8) is 0 Å². The van der Waals surface area contributed by atoms with Crippen LogP contribution in [0.1, 0.15) is 47.2 Å². The SMILES string of the molecule is CC1(C)c2ccccc2C2(c3ccccc3-c3c(-c4nc(-c5ccccc5-c5ccccc5)nc(-c5cccc6c5oc5ccccc56)n4)cccc32)c2ccccc21. The first kappa shape index (κ1) is 33.7.